The summed E-state index contributed by atoms with van der Waals surface area (Å²) in [7, 11) is 1.38. The number of nitriles is 1. The Bertz CT molecular complexity index is 539. The molecule has 2 atom stereocenters. The quantitative estimate of drug-likeness (QED) is 0.831. The van der Waals surface area contributed by atoms with Gasteiger partial charge in [-0.2, -0.15) is 5.26 Å². The van der Waals surface area contributed by atoms with Crippen LogP contribution in [0.4, 0.5) is 0 Å². The lowest BCUT2D eigenvalue weighted by molar-refractivity contribution is -0.147. The van der Waals surface area contributed by atoms with E-state index < -0.39 is 6.04 Å². The molecule has 112 valence electrons. The van der Waals surface area contributed by atoms with Crippen molar-refractivity contribution in [2.24, 2.45) is 5.92 Å². The molecule has 1 aromatic carbocycles. The van der Waals surface area contributed by atoms with Crippen LogP contribution in [-0.4, -0.2) is 42.8 Å². The summed E-state index contributed by atoms with van der Waals surface area (Å²) >= 11 is 0. The normalized spacial score (nSPS) is 20.0. The monoisotopic (exact) mass is 288 g/mol. The third-order valence-corrected chi connectivity index (χ3v) is 3.98. The number of carbonyl (C=O) groups is 1. The van der Waals surface area contributed by atoms with Crippen LogP contribution >= 0.6 is 0 Å². The number of rotatable bonds is 5. The Morgan fingerprint density at radius 1 is 1.62 bits per heavy atom. The molecule has 2 unspecified atom stereocenters. The molecule has 1 aliphatic heterocycles. The molecular weight excluding hydrogens is 268 g/mol. The maximum atomic E-state index is 12.2. The Labute approximate surface area is 124 Å². The first-order valence-corrected chi connectivity index (χ1v) is 7.12. The van der Waals surface area contributed by atoms with E-state index in [1.54, 1.807) is 18.2 Å². The van der Waals surface area contributed by atoms with Crippen molar-refractivity contribution in [2.75, 3.05) is 26.8 Å². The molecule has 5 heteroatoms. The van der Waals surface area contributed by atoms with Gasteiger partial charge in [0.15, 0.2) is 0 Å². The van der Waals surface area contributed by atoms with Gasteiger partial charge in [0.2, 0.25) is 0 Å². The number of nitrogens with zero attached hydrogens (tertiary/aromatic N) is 2. The Balaban J connectivity index is 2.23. The highest BCUT2D eigenvalue weighted by molar-refractivity contribution is 5.77. The van der Waals surface area contributed by atoms with Gasteiger partial charge >= 0.3 is 5.97 Å². The van der Waals surface area contributed by atoms with Crippen LogP contribution in [-0.2, 0) is 9.53 Å². The summed E-state index contributed by atoms with van der Waals surface area (Å²) in [6.45, 7) is 1.73. The largest absolute Gasteiger partial charge is 0.468 e. The number of aliphatic hydroxyl groups excluding tert-OH is 1. The van der Waals surface area contributed by atoms with Crippen LogP contribution in [0.15, 0.2) is 24.3 Å². The van der Waals surface area contributed by atoms with Gasteiger partial charge in [0, 0.05) is 13.2 Å². The molecule has 0 amide bonds. The van der Waals surface area contributed by atoms with Gasteiger partial charge in [-0.1, -0.05) is 12.1 Å². The molecule has 0 aliphatic carbocycles. The number of ether oxygens (including phenoxy) is 1. The van der Waals surface area contributed by atoms with Crippen LogP contribution in [0.2, 0.25) is 0 Å². The maximum absolute atomic E-state index is 12.2. The summed E-state index contributed by atoms with van der Waals surface area (Å²) < 4.78 is 4.94. The van der Waals surface area contributed by atoms with E-state index in [9.17, 15) is 4.79 Å². The zero-order valence-corrected chi connectivity index (χ0v) is 12.2. The summed E-state index contributed by atoms with van der Waals surface area (Å²) in [4.78, 5) is 14.2. The average molecular weight is 288 g/mol. The van der Waals surface area contributed by atoms with Gasteiger partial charge in [-0.05, 0) is 43.0 Å². The van der Waals surface area contributed by atoms with Crippen molar-refractivity contribution < 1.29 is 14.6 Å². The molecule has 0 saturated carbocycles. The van der Waals surface area contributed by atoms with Gasteiger partial charge in [-0.15, -0.1) is 0 Å². The Hall–Kier alpha value is -1.90. The summed E-state index contributed by atoms with van der Waals surface area (Å²) in [5.74, 6) is 0.0936. The number of esters is 1. The summed E-state index contributed by atoms with van der Waals surface area (Å²) in [6.07, 6.45) is 1.72. The minimum absolute atomic E-state index is 0.172. The van der Waals surface area contributed by atoms with Crippen molar-refractivity contribution in [3.8, 4) is 6.07 Å². The summed E-state index contributed by atoms with van der Waals surface area (Å²) in [5.41, 5.74) is 1.32. The first kappa shape index (κ1) is 15.5. The molecule has 1 aliphatic rings. The molecule has 0 aromatic heterocycles. The molecular formula is C16H20N2O3. The number of hydrogen-bond acceptors (Lipinski definition) is 5. The smallest absolute Gasteiger partial charge is 0.327 e. The van der Waals surface area contributed by atoms with Gasteiger partial charge in [0.1, 0.15) is 6.04 Å². The molecule has 0 radical (unpaired) electrons. The molecule has 0 spiro atoms. The second kappa shape index (κ2) is 7.21. The van der Waals surface area contributed by atoms with Gasteiger partial charge in [0.05, 0.1) is 18.7 Å². The van der Waals surface area contributed by atoms with E-state index in [1.807, 2.05) is 6.07 Å². The van der Waals surface area contributed by atoms with E-state index in [0.717, 1.165) is 31.5 Å². The fourth-order valence-electron chi connectivity index (χ4n) is 2.90. The molecule has 1 heterocycles. The Morgan fingerprint density at radius 2 is 2.43 bits per heavy atom. The van der Waals surface area contributed by atoms with E-state index in [1.165, 1.54) is 7.11 Å². The zero-order chi connectivity index (χ0) is 15.2. The second-order valence-electron chi connectivity index (χ2n) is 5.32. The van der Waals surface area contributed by atoms with Gasteiger partial charge in [0.25, 0.3) is 0 Å². The predicted octanol–water partition coefficient (Wildman–Crippen LogP) is 1.48. The number of likely N-dealkylation sites (tertiary alicyclic amines) is 1. The van der Waals surface area contributed by atoms with Crippen molar-refractivity contribution in [2.45, 2.75) is 18.9 Å². The van der Waals surface area contributed by atoms with Gasteiger partial charge in [-0.3, -0.25) is 4.90 Å². The minimum atomic E-state index is -0.480. The molecule has 21 heavy (non-hydrogen) atoms. The van der Waals surface area contributed by atoms with Crippen LogP contribution in [0.1, 0.15) is 30.0 Å². The maximum Gasteiger partial charge on any atom is 0.327 e. The third-order valence-electron chi connectivity index (χ3n) is 3.98. The average Bonchev–Trinajstić information content (AvgIpc) is 2.96. The van der Waals surface area contributed by atoms with Crippen molar-refractivity contribution in [3.05, 3.63) is 35.4 Å². The lowest BCUT2D eigenvalue weighted by Gasteiger charge is -2.26. The summed E-state index contributed by atoms with van der Waals surface area (Å²) in [5, 5.41) is 18.1. The van der Waals surface area contributed by atoms with E-state index in [2.05, 4.69) is 11.0 Å². The molecule has 2 rings (SSSR count). The van der Waals surface area contributed by atoms with Crippen LogP contribution in [0.5, 0.6) is 0 Å². The third kappa shape index (κ3) is 3.60. The van der Waals surface area contributed by atoms with Gasteiger partial charge in [-0.25, -0.2) is 4.79 Å². The molecule has 1 N–H and O–H groups in total. The lowest BCUT2D eigenvalue weighted by atomic mass is 10.0. The highest BCUT2D eigenvalue weighted by Crippen LogP contribution is 2.30. The number of carbonyl (C=O) groups excluding carboxylic acids is 1. The Kier molecular flexibility index (Phi) is 5.32. The van der Waals surface area contributed by atoms with Crippen LogP contribution < -0.4 is 0 Å². The van der Waals surface area contributed by atoms with Crippen LogP contribution in [0.3, 0.4) is 0 Å². The second-order valence-corrected chi connectivity index (χ2v) is 5.32. The van der Waals surface area contributed by atoms with Crippen molar-refractivity contribution in [3.63, 3.8) is 0 Å². The molecule has 1 aromatic rings. The lowest BCUT2D eigenvalue weighted by Crippen LogP contribution is -2.33. The molecule has 0 bridgehead atoms. The van der Waals surface area contributed by atoms with E-state index >= 15 is 0 Å². The van der Waals surface area contributed by atoms with Crippen molar-refractivity contribution in [1.82, 2.24) is 4.90 Å². The predicted molar refractivity (Wildman–Crippen MR) is 77.3 cm³/mol. The fraction of sp³-hybridized carbons (Fsp3) is 0.500. The van der Waals surface area contributed by atoms with Crippen LogP contribution in [0, 0.1) is 17.2 Å². The SMILES string of the molecule is COC(=O)C(c1cccc(C#N)c1)N1CCC(CCO)C1. The fourth-order valence-corrected chi connectivity index (χ4v) is 2.90. The topological polar surface area (TPSA) is 73.6 Å². The van der Waals surface area contributed by atoms with E-state index in [4.69, 9.17) is 15.1 Å². The zero-order valence-electron chi connectivity index (χ0n) is 12.2. The number of benzene rings is 1. The first-order valence-electron chi connectivity index (χ1n) is 7.12. The molecule has 1 fully saturated rings. The number of hydrogen-bond donors (Lipinski definition) is 1. The molecule has 5 nitrogen and oxygen atoms in total. The minimum Gasteiger partial charge on any atom is -0.468 e. The standard InChI is InChI=1S/C16H20N2O3/c1-21-16(20)15(14-4-2-3-13(9-14)10-17)18-7-5-12(11-18)6-8-19/h2-4,9,12,15,19H,5-8,11H2,1H3. The van der Waals surface area contributed by atoms with Crippen LogP contribution in [0.25, 0.3) is 0 Å². The van der Waals surface area contributed by atoms with Gasteiger partial charge < -0.3 is 9.84 Å². The highest BCUT2D eigenvalue weighted by atomic mass is 16.5. The first-order chi connectivity index (χ1) is 10.2. The van der Waals surface area contributed by atoms with E-state index in [-0.39, 0.29) is 12.6 Å². The van der Waals surface area contributed by atoms with Crippen molar-refractivity contribution in [1.29, 1.82) is 5.26 Å². The summed E-state index contributed by atoms with van der Waals surface area (Å²) in [6, 6.07) is 8.70. The number of aliphatic hydroxyl groups is 1. The molecule has 1 saturated heterocycles. The van der Waals surface area contributed by atoms with Crippen molar-refractivity contribution >= 4 is 5.97 Å². The highest BCUT2D eigenvalue weighted by Gasteiger charge is 2.34. The Morgan fingerprint density at radius 3 is 3.10 bits per heavy atom. The van der Waals surface area contributed by atoms with E-state index in [0.29, 0.717) is 11.5 Å². The number of methoxy groups -OCH3 is 1.